The third kappa shape index (κ3) is 5.32. The van der Waals surface area contributed by atoms with Gasteiger partial charge in [0.25, 0.3) is 0 Å². The van der Waals surface area contributed by atoms with Gasteiger partial charge in [0.05, 0.1) is 20.3 Å². The van der Waals surface area contributed by atoms with E-state index in [2.05, 4.69) is 29.1 Å². The van der Waals surface area contributed by atoms with Gasteiger partial charge >= 0.3 is 0 Å². The van der Waals surface area contributed by atoms with Crippen molar-refractivity contribution < 1.29 is 9.47 Å². The summed E-state index contributed by atoms with van der Waals surface area (Å²) >= 11 is 0. The highest BCUT2D eigenvalue weighted by atomic mass is 16.5. The fourth-order valence-electron chi connectivity index (χ4n) is 1.87. The summed E-state index contributed by atoms with van der Waals surface area (Å²) in [6.45, 7) is 5.32. The molecule has 108 valence electrons. The number of nitrogens with one attached hydrogen (secondary N) is 1. The zero-order chi connectivity index (χ0) is 14.1. The van der Waals surface area contributed by atoms with Gasteiger partial charge in [-0.25, -0.2) is 0 Å². The van der Waals surface area contributed by atoms with Gasteiger partial charge in [0.15, 0.2) is 0 Å². The van der Waals surface area contributed by atoms with Gasteiger partial charge in [-0.2, -0.15) is 9.97 Å². The molecular weight excluding hydrogens is 242 g/mol. The van der Waals surface area contributed by atoms with Crippen LogP contribution < -0.4 is 14.8 Å². The van der Waals surface area contributed by atoms with Gasteiger partial charge in [0, 0.05) is 6.54 Å². The molecule has 0 spiro atoms. The van der Waals surface area contributed by atoms with E-state index >= 15 is 0 Å². The van der Waals surface area contributed by atoms with Gasteiger partial charge < -0.3 is 14.8 Å². The summed E-state index contributed by atoms with van der Waals surface area (Å²) < 4.78 is 10.2. The molecule has 0 fully saturated rings. The lowest BCUT2D eigenvalue weighted by atomic mass is 9.99. The Balaban J connectivity index is 2.60. The Bertz CT molecular complexity index is 349. The van der Waals surface area contributed by atoms with Gasteiger partial charge in [-0.1, -0.05) is 33.1 Å². The van der Waals surface area contributed by atoms with Crippen LogP contribution in [-0.2, 0) is 0 Å². The number of methoxy groups -OCH3 is 2. The average Bonchev–Trinajstić information content (AvgIpc) is 2.47. The topological polar surface area (TPSA) is 56.3 Å². The summed E-state index contributed by atoms with van der Waals surface area (Å²) in [5.74, 6) is 2.24. The maximum absolute atomic E-state index is 5.12. The third-order valence-electron chi connectivity index (χ3n) is 3.19. The monoisotopic (exact) mass is 267 g/mol. The highest BCUT2D eigenvalue weighted by Crippen LogP contribution is 2.18. The normalized spacial score (nSPS) is 12.0. The lowest BCUT2D eigenvalue weighted by Crippen LogP contribution is -2.15. The summed E-state index contributed by atoms with van der Waals surface area (Å²) in [6, 6.07) is 1.67. The number of ether oxygens (including phenoxy) is 2. The third-order valence-corrected chi connectivity index (χ3v) is 3.19. The van der Waals surface area contributed by atoms with E-state index in [9.17, 15) is 0 Å². The number of nitrogens with zero attached hydrogens (tertiary/aromatic N) is 2. The molecule has 0 bridgehead atoms. The van der Waals surface area contributed by atoms with Gasteiger partial charge in [0.1, 0.15) is 0 Å². The maximum Gasteiger partial charge on any atom is 0.229 e. The van der Waals surface area contributed by atoms with E-state index in [1.165, 1.54) is 19.3 Å². The van der Waals surface area contributed by atoms with Crippen molar-refractivity contribution in [3.63, 3.8) is 0 Å². The molecule has 0 radical (unpaired) electrons. The largest absolute Gasteiger partial charge is 0.481 e. The number of hydrogen-bond acceptors (Lipinski definition) is 5. The lowest BCUT2D eigenvalue weighted by molar-refractivity contribution is 0.372. The van der Waals surface area contributed by atoms with E-state index in [-0.39, 0.29) is 0 Å². The van der Waals surface area contributed by atoms with Gasteiger partial charge in [-0.05, 0) is 12.3 Å². The first-order valence-electron chi connectivity index (χ1n) is 6.94. The molecule has 1 atom stereocenters. The number of unbranched alkanes of at least 4 members (excludes halogenated alkanes) is 1. The summed E-state index contributed by atoms with van der Waals surface area (Å²) in [6.07, 6.45) is 4.90. The van der Waals surface area contributed by atoms with Crippen LogP contribution in [0.15, 0.2) is 6.07 Å². The molecule has 1 heterocycles. The second-order valence-corrected chi connectivity index (χ2v) is 4.57. The van der Waals surface area contributed by atoms with Crippen molar-refractivity contribution >= 4 is 5.95 Å². The minimum Gasteiger partial charge on any atom is -0.481 e. The molecule has 19 heavy (non-hydrogen) atoms. The molecule has 1 unspecified atom stereocenters. The quantitative estimate of drug-likeness (QED) is 0.745. The Morgan fingerprint density at radius 2 is 1.79 bits per heavy atom. The van der Waals surface area contributed by atoms with Crippen LogP contribution in [0.25, 0.3) is 0 Å². The van der Waals surface area contributed by atoms with E-state index in [0.29, 0.717) is 23.6 Å². The molecule has 0 amide bonds. The zero-order valence-electron chi connectivity index (χ0n) is 12.4. The molecule has 0 aromatic carbocycles. The summed E-state index contributed by atoms with van der Waals surface area (Å²) in [4.78, 5) is 8.52. The fourth-order valence-corrected chi connectivity index (χ4v) is 1.87. The van der Waals surface area contributed by atoms with E-state index < -0.39 is 0 Å². The standard InChI is InChI=1S/C14H25N3O2/c1-5-7-8-11(6-2)10-15-14-16-12(18-3)9-13(17-14)19-4/h9,11H,5-8,10H2,1-4H3,(H,15,16,17). The van der Waals surface area contributed by atoms with Crippen LogP contribution in [0, 0.1) is 5.92 Å². The van der Waals surface area contributed by atoms with E-state index in [4.69, 9.17) is 9.47 Å². The zero-order valence-corrected chi connectivity index (χ0v) is 12.4. The van der Waals surface area contributed by atoms with Crippen LogP contribution in [0.3, 0.4) is 0 Å². The number of aromatic nitrogens is 2. The van der Waals surface area contributed by atoms with Crippen molar-refractivity contribution in [3.05, 3.63) is 6.07 Å². The Morgan fingerprint density at radius 3 is 2.26 bits per heavy atom. The first kappa shape index (κ1) is 15.5. The number of rotatable bonds is 9. The summed E-state index contributed by atoms with van der Waals surface area (Å²) in [5, 5.41) is 3.27. The smallest absolute Gasteiger partial charge is 0.229 e. The molecule has 0 aliphatic heterocycles. The molecule has 5 nitrogen and oxygen atoms in total. The highest BCUT2D eigenvalue weighted by Gasteiger charge is 2.09. The van der Waals surface area contributed by atoms with Crippen molar-refractivity contribution in [1.82, 2.24) is 9.97 Å². The van der Waals surface area contributed by atoms with Crippen LogP contribution in [0.2, 0.25) is 0 Å². The van der Waals surface area contributed by atoms with Crippen molar-refractivity contribution in [3.8, 4) is 11.8 Å². The maximum atomic E-state index is 5.12. The molecule has 0 aliphatic carbocycles. The van der Waals surface area contributed by atoms with Gasteiger partial charge in [0.2, 0.25) is 17.7 Å². The van der Waals surface area contributed by atoms with Crippen LogP contribution in [0.5, 0.6) is 11.8 Å². The summed E-state index contributed by atoms with van der Waals surface area (Å²) in [7, 11) is 3.17. The van der Waals surface area contributed by atoms with E-state index in [1.807, 2.05) is 0 Å². The van der Waals surface area contributed by atoms with Crippen LogP contribution in [0.1, 0.15) is 39.5 Å². The molecule has 1 aromatic heterocycles. The highest BCUT2D eigenvalue weighted by molar-refractivity contribution is 5.33. The van der Waals surface area contributed by atoms with Crippen molar-refractivity contribution in [2.45, 2.75) is 39.5 Å². The van der Waals surface area contributed by atoms with E-state index in [0.717, 1.165) is 13.0 Å². The van der Waals surface area contributed by atoms with Crippen molar-refractivity contribution in [2.24, 2.45) is 5.92 Å². The Labute approximate surface area is 115 Å². The second kappa shape index (κ2) is 8.56. The predicted molar refractivity (Wildman–Crippen MR) is 76.9 cm³/mol. The fraction of sp³-hybridized carbons (Fsp3) is 0.714. The average molecular weight is 267 g/mol. The minimum absolute atomic E-state index is 0.510. The lowest BCUT2D eigenvalue weighted by Gasteiger charge is -2.15. The molecule has 1 aromatic rings. The molecule has 5 heteroatoms. The van der Waals surface area contributed by atoms with E-state index in [1.54, 1.807) is 20.3 Å². The molecular formula is C14H25N3O2. The van der Waals surface area contributed by atoms with Crippen molar-refractivity contribution in [1.29, 1.82) is 0 Å². The molecule has 0 aliphatic rings. The Hall–Kier alpha value is -1.52. The number of hydrogen-bond donors (Lipinski definition) is 1. The summed E-state index contributed by atoms with van der Waals surface area (Å²) in [5.41, 5.74) is 0. The first-order chi connectivity index (χ1) is 9.23. The molecule has 1 N–H and O–H groups in total. The van der Waals surface area contributed by atoms with Crippen molar-refractivity contribution in [2.75, 3.05) is 26.1 Å². The number of anilines is 1. The van der Waals surface area contributed by atoms with Crippen LogP contribution >= 0.6 is 0 Å². The second-order valence-electron chi connectivity index (χ2n) is 4.57. The predicted octanol–water partition coefficient (Wildman–Crippen LogP) is 3.12. The molecule has 1 rings (SSSR count). The Morgan fingerprint density at radius 1 is 1.16 bits per heavy atom. The first-order valence-corrected chi connectivity index (χ1v) is 6.94. The molecule has 0 saturated carbocycles. The van der Waals surface area contributed by atoms with Gasteiger partial charge in [-0.15, -0.1) is 0 Å². The Kier molecular flexibility index (Phi) is 7.00. The van der Waals surface area contributed by atoms with Crippen LogP contribution in [0.4, 0.5) is 5.95 Å². The molecule has 0 saturated heterocycles. The van der Waals surface area contributed by atoms with Crippen LogP contribution in [-0.4, -0.2) is 30.7 Å². The van der Waals surface area contributed by atoms with Gasteiger partial charge in [-0.3, -0.25) is 0 Å². The SMILES string of the molecule is CCCCC(CC)CNc1nc(OC)cc(OC)n1. The minimum atomic E-state index is 0.510.